The van der Waals surface area contributed by atoms with E-state index in [4.69, 9.17) is 11.6 Å². The van der Waals surface area contributed by atoms with Crippen LogP contribution in [-0.2, 0) is 26.2 Å². The first-order valence-corrected chi connectivity index (χ1v) is 14.6. The second-order valence-electron chi connectivity index (χ2n) is 9.55. The van der Waals surface area contributed by atoms with Crippen molar-refractivity contribution in [1.82, 2.24) is 10.2 Å². The van der Waals surface area contributed by atoms with Crippen molar-refractivity contribution in [1.29, 1.82) is 0 Å². The lowest BCUT2D eigenvalue weighted by atomic mass is 10.1. The maximum absolute atomic E-state index is 13.8. The fourth-order valence-corrected chi connectivity index (χ4v) is 5.70. The Balaban J connectivity index is 1.94. The average molecular weight is 534 g/mol. The van der Waals surface area contributed by atoms with Crippen LogP contribution in [0.1, 0.15) is 55.7 Å². The van der Waals surface area contributed by atoms with E-state index in [-0.39, 0.29) is 18.5 Å². The van der Waals surface area contributed by atoms with Crippen molar-refractivity contribution in [3.63, 3.8) is 0 Å². The van der Waals surface area contributed by atoms with Gasteiger partial charge in [-0.3, -0.25) is 13.9 Å². The quantitative estimate of drug-likeness (QED) is 0.484. The summed E-state index contributed by atoms with van der Waals surface area (Å²) < 4.78 is 26.8. The van der Waals surface area contributed by atoms with Gasteiger partial charge in [0.1, 0.15) is 12.6 Å². The standard InChI is InChI=1S/C27H36ClN3O4S/c1-5-24(27(33)29-23-10-6-7-11-23)30(17-21-13-15-22(28)16-14-21)26(32)18-31(36(4,34)35)25-12-8-9-19(2)20(25)3/h8-9,12-16,23-24H,5-7,10-11,17-18H2,1-4H3,(H,29,33)/t24-/m0/s1. The molecule has 7 nitrogen and oxygen atoms in total. The molecule has 0 aliphatic heterocycles. The van der Waals surface area contributed by atoms with Crippen molar-refractivity contribution < 1.29 is 18.0 Å². The lowest BCUT2D eigenvalue weighted by molar-refractivity contribution is -0.140. The van der Waals surface area contributed by atoms with Crippen molar-refractivity contribution >= 4 is 39.1 Å². The number of benzene rings is 2. The fraction of sp³-hybridized carbons (Fsp3) is 0.481. The summed E-state index contributed by atoms with van der Waals surface area (Å²) in [6, 6.07) is 11.8. The average Bonchev–Trinajstić information content (AvgIpc) is 3.33. The second kappa shape index (κ2) is 12.1. The topological polar surface area (TPSA) is 86.8 Å². The summed E-state index contributed by atoms with van der Waals surface area (Å²) in [6.45, 7) is 5.36. The number of rotatable bonds is 10. The molecule has 3 rings (SSSR count). The van der Waals surface area contributed by atoms with E-state index in [0.29, 0.717) is 17.1 Å². The molecule has 0 unspecified atom stereocenters. The molecule has 1 fully saturated rings. The van der Waals surface area contributed by atoms with Crippen LogP contribution in [-0.4, -0.2) is 50.0 Å². The number of nitrogens with one attached hydrogen (secondary N) is 1. The van der Waals surface area contributed by atoms with Crippen LogP contribution in [0.3, 0.4) is 0 Å². The molecule has 0 radical (unpaired) electrons. The lowest BCUT2D eigenvalue weighted by Gasteiger charge is -2.33. The number of carbonyl (C=O) groups excluding carboxylic acids is 2. The molecule has 9 heteroatoms. The zero-order chi connectivity index (χ0) is 26.5. The molecule has 1 atom stereocenters. The summed E-state index contributed by atoms with van der Waals surface area (Å²) in [5.41, 5.74) is 2.97. The summed E-state index contributed by atoms with van der Waals surface area (Å²) in [6.07, 6.45) is 5.52. The number of anilines is 1. The number of sulfonamides is 1. The molecule has 36 heavy (non-hydrogen) atoms. The Morgan fingerprint density at radius 1 is 1.08 bits per heavy atom. The molecule has 0 heterocycles. The molecule has 2 aromatic rings. The van der Waals surface area contributed by atoms with Gasteiger partial charge in [0.15, 0.2) is 0 Å². The fourth-order valence-electron chi connectivity index (χ4n) is 4.67. The minimum Gasteiger partial charge on any atom is -0.352 e. The van der Waals surface area contributed by atoms with E-state index in [1.807, 2.05) is 39.0 Å². The third-order valence-electron chi connectivity index (χ3n) is 6.88. The molecule has 2 amide bonds. The van der Waals surface area contributed by atoms with Gasteiger partial charge in [0.05, 0.1) is 11.9 Å². The van der Waals surface area contributed by atoms with Crippen molar-refractivity contribution in [2.45, 2.75) is 71.5 Å². The Bertz CT molecular complexity index is 1180. The van der Waals surface area contributed by atoms with Gasteiger partial charge >= 0.3 is 0 Å². The van der Waals surface area contributed by atoms with Gasteiger partial charge < -0.3 is 10.2 Å². The zero-order valence-corrected chi connectivity index (χ0v) is 23.0. The Kier molecular flexibility index (Phi) is 9.41. The monoisotopic (exact) mass is 533 g/mol. The molecule has 1 aliphatic rings. The SMILES string of the molecule is CC[C@@H](C(=O)NC1CCCC1)N(Cc1ccc(Cl)cc1)C(=O)CN(c1cccc(C)c1C)S(C)(=O)=O. The normalized spacial score (nSPS) is 14.9. The molecule has 1 saturated carbocycles. The summed E-state index contributed by atoms with van der Waals surface area (Å²) in [5.74, 6) is -0.644. The van der Waals surface area contributed by atoms with Gasteiger partial charge in [0.25, 0.3) is 0 Å². The minimum absolute atomic E-state index is 0.112. The maximum atomic E-state index is 13.8. The van der Waals surface area contributed by atoms with E-state index >= 15 is 0 Å². The highest BCUT2D eigenvalue weighted by molar-refractivity contribution is 7.92. The van der Waals surface area contributed by atoms with Crippen molar-refractivity contribution in [3.05, 3.63) is 64.2 Å². The molecule has 0 bridgehead atoms. The van der Waals surface area contributed by atoms with Gasteiger partial charge in [-0.1, -0.05) is 55.6 Å². The molecule has 1 N–H and O–H groups in total. The van der Waals surface area contributed by atoms with E-state index in [1.54, 1.807) is 24.3 Å². The highest BCUT2D eigenvalue weighted by atomic mass is 35.5. The van der Waals surface area contributed by atoms with Crippen LogP contribution in [0.2, 0.25) is 5.02 Å². The van der Waals surface area contributed by atoms with Gasteiger partial charge in [-0.2, -0.15) is 0 Å². The largest absolute Gasteiger partial charge is 0.352 e. The summed E-state index contributed by atoms with van der Waals surface area (Å²) >= 11 is 6.04. The first-order chi connectivity index (χ1) is 17.0. The molecule has 1 aliphatic carbocycles. The molecule has 196 valence electrons. The number of carbonyl (C=O) groups is 2. The summed E-state index contributed by atoms with van der Waals surface area (Å²) in [5, 5.41) is 3.68. The van der Waals surface area contributed by atoms with Crippen molar-refractivity contribution in [2.24, 2.45) is 0 Å². The molecule has 0 aromatic heterocycles. The third kappa shape index (κ3) is 7.01. The number of halogens is 1. The number of hydrogen-bond donors (Lipinski definition) is 1. The van der Waals surface area contributed by atoms with Crippen LogP contribution >= 0.6 is 11.6 Å². The van der Waals surface area contributed by atoms with Crippen LogP contribution in [0.4, 0.5) is 5.69 Å². The van der Waals surface area contributed by atoms with E-state index < -0.39 is 28.5 Å². The van der Waals surface area contributed by atoms with Crippen molar-refractivity contribution in [3.8, 4) is 0 Å². The number of nitrogens with zero attached hydrogens (tertiary/aromatic N) is 2. The molecule has 0 saturated heterocycles. The van der Waals surface area contributed by atoms with Crippen LogP contribution in [0.25, 0.3) is 0 Å². The van der Waals surface area contributed by atoms with E-state index in [1.165, 1.54) is 4.90 Å². The van der Waals surface area contributed by atoms with Gasteiger partial charge in [-0.05, 0) is 68.0 Å². The molecular weight excluding hydrogens is 498 g/mol. The Labute approximate surface area is 219 Å². The lowest BCUT2D eigenvalue weighted by Crippen LogP contribution is -2.53. The zero-order valence-electron chi connectivity index (χ0n) is 21.5. The predicted molar refractivity (Wildman–Crippen MR) is 145 cm³/mol. The Morgan fingerprint density at radius 3 is 2.31 bits per heavy atom. The van der Waals surface area contributed by atoms with Gasteiger partial charge in [0, 0.05) is 17.6 Å². The third-order valence-corrected chi connectivity index (χ3v) is 8.26. The number of hydrogen-bond acceptors (Lipinski definition) is 4. The second-order valence-corrected chi connectivity index (χ2v) is 11.9. The van der Waals surface area contributed by atoms with Crippen LogP contribution in [0.5, 0.6) is 0 Å². The van der Waals surface area contributed by atoms with Crippen molar-refractivity contribution in [2.75, 3.05) is 17.1 Å². The first kappa shape index (κ1) is 28.0. The van der Waals surface area contributed by atoms with Gasteiger partial charge in [-0.25, -0.2) is 8.42 Å². The summed E-state index contributed by atoms with van der Waals surface area (Å²) in [4.78, 5) is 28.6. The van der Waals surface area contributed by atoms with Gasteiger partial charge in [-0.15, -0.1) is 0 Å². The van der Waals surface area contributed by atoms with E-state index in [9.17, 15) is 18.0 Å². The number of aryl methyl sites for hydroxylation is 1. The minimum atomic E-state index is -3.77. The predicted octanol–water partition coefficient (Wildman–Crippen LogP) is 4.59. The highest BCUT2D eigenvalue weighted by Gasteiger charge is 2.33. The Hall–Kier alpha value is -2.58. The molecular formula is C27H36ClN3O4S. The smallest absolute Gasteiger partial charge is 0.244 e. The van der Waals surface area contributed by atoms with Crippen LogP contribution < -0.4 is 9.62 Å². The van der Waals surface area contributed by atoms with E-state index in [0.717, 1.165) is 52.9 Å². The molecule has 0 spiro atoms. The maximum Gasteiger partial charge on any atom is 0.244 e. The summed E-state index contributed by atoms with van der Waals surface area (Å²) in [7, 11) is -3.77. The first-order valence-electron chi connectivity index (χ1n) is 12.4. The Morgan fingerprint density at radius 2 is 1.72 bits per heavy atom. The van der Waals surface area contributed by atoms with Crippen LogP contribution in [0.15, 0.2) is 42.5 Å². The highest BCUT2D eigenvalue weighted by Crippen LogP contribution is 2.26. The van der Waals surface area contributed by atoms with Crippen LogP contribution in [0, 0.1) is 13.8 Å². The van der Waals surface area contributed by atoms with E-state index in [2.05, 4.69) is 5.32 Å². The van der Waals surface area contributed by atoms with Gasteiger partial charge in [0.2, 0.25) is 21.8 Å². The number of amides is 2. The molecule has 2 aromatic carbocycles.